The van der Waals surface area contributed by atoms with E-state index in [9.17, 15) is 4.79 Å². The maximum atomic E-state index is 12.1. The largest absolute Gasteiger partial charge is 0.294 e. The number of rotatable bonds is 6. The van der Waals surface area contributed by atoms with Crippen LogP contribution in [0.3, 0.4) is 0 Å². The summed E-state index contributed by atoms with van der Waals surface area (Å²) in [5.74, 6) is 0.446. The molecule has 0 bridgehead atoms. The Bertz CT molecular complexity index is 341. The molecular formula is C15H22O. The Labute approximate surface area is 98.9 Å². The van der Waals surface area contributed by atoms with E-state index in [0.717, 1.165) is 31.2 Å². The minimum atomic E-state index is 0.155. The lowest BCUT2D eigenvalue weighted by Gasteiger charge is -2.09. The second-order valence-corrected chi connectivity index (χ2v) is 4.50. The van der Waals surface area contributed by atoms with Gasteiger partial charge in [0.15, 0.2) is 5.78 Å². The summed E-state index contributed by atoms with van der Waals surface area (Å²) in [6, 6.07) is 8.09. The van der Waals surface area contributed by atoms with Gasteiger partial charge in [0.1, 0.15) is 0 Å². The molecule has 0 heterocycles. The predicted molar refractivity (Wildman–Crippen MR) is 68.8 cm³/mol. The minimum Gasteiger partial charge on any atom is -0.294 e. The predicted octanol–water partition coefficient (Wildman–Crippen LogP) is 4.26. The molecule has 0 N–H and O–H groups in total. The fourth-order valence-electron chi connectivity index (χ4n) is 2.02. The summed E-state index contributed by atoms with van der Waals surface area (Å²) in [6.45, 7) is 6.31. The Morgan fingerprint density at radius 2 is 2.00 bits per heavy atom. The van der Waals surface area contributed by atoms with Gasteiger partial charge in [-0.15, -0.1) is 0 Å². The molecule has 88 valence electrons. The molecule has 1 aromatic rings. The average molecular weight is 218 g/mol. The van der Waals surface area contributed by atoms with E-state index in [1.165, 1.54) is 5.56 Å². The first kappa shape index (κ1) is 13.0. The van der Waals surface area contributed by atoms with Crippen molar-refractivity contribution in [3.63, 3.8) is 0 Å². The lowest BCUT2D eigenvalue weighted by Crippen LogP contribution is -2.11. The Morgan fingerprint density at radius 3 is 2.62 bits per heavy atom. The summed E-state index contributed by atoms with van der Waals surface area (Å²) in [7, 11) is 0. The van der Waals surface area contributed by atoms with Crippen LogP contribution in [0.4, 0.5) is 0 Å². The Morgan fingerprint density at radius 1 is 1.25 bits per heavy atom. The normalized spacial score (nSPS) is 12.4. The third-order valence-corrected chi connectivity index (χ3v) is 2.92. The summed E-state index contributed by atoms with van der Waals surface area (Å²) in [6.07, 6.45) is 4.24. The van der Waals surface area contributed by atoms with Gasteiger partial charge in [-0.3, -0.25) is 4.79 Å². The van der Waals surface area contributed by atoms with E-state index in [4.69, 9.17) is 0 Å². The average Bonchev–Trinajstić information content (AvgIpc) is 2.29. The molecule has 0 fully saturated rings. The fraction of sp³-hybridized carbons (Fsp3) is 0.533. The monoisotopic (exact) mass is 218 g/mol. The molecule has 0 aliphatic heterocycles. The summed E-state index contributed by atoms with van der Waals surface area (Å²) < 4.78 is 0. The molecule has 0 saturated carbocycles. The molecule has 1 atom stereocenters. The zero-order chi connectivity index (χ0) is 12.0. The maximum Gasteiger partial charge on any atom is 0.165 e. The number of aryl methyl sites for hydroxylation is 1. The van der Waals surface area contributed by atoms with Crippen LogP contribution in [0, 0.1) is 5.92 Å². The maximum absolute atomic E-state index is 12.1. The lowest BCUT2D eigenvalue weighted by molar-refractivity contribution is 0.0923. The molecule has 1 nitrogen and oxygen atoms in total. The van der Waals surface area contributed by atoms with E-state index in [0.29, 0.717) is 5.78 Å². The lowest BCUT2D eigenvalue weighted by atomic mass is 9.94. The Kier molecular flexibility index (Phi) is 5.24. The summed E-state index contributed by atoms with van der Waals surface area (Å²) in [5.41, 5.74) is 2.16. The van der Waals surface area contributed by atoms with Crippen molar-refractivity contribution < 1.29 is 4.79 Å². The molecule has 0 aliphatic carbocycles. The van der Waals surface area contributed by atoms with Gasteiger partial charge in [0.05, 0.1) is 0 Å². The van der Waals surface area contributed by atoms with Crippen molar-refractivity contribution in [3.8, 4) is 0 Å². The number of benzene rings is 1. The van der Waals surface area contributed by atoms with Crippen molar-refractivity contribution in [1.29, 1.82) is 0 Å². The van der Waals surface area contributed by atoms with Gasteiger partial charge in [-0.1, -0.05) is 51.8 Å². The standard InChI is InChI=1S/C15H22O/c1-4-7-12(3)15(16)14-10-6-9-13(11-14)8-5-2/h6,9-12H,4-5,7-8H2,1-3H3. The summed E-state index contributed by atoms with van der Waals surface area (Å²) >= 11 is 0. The quantitative estimate of drug-likeness (QED) is 0.652. The van der Waals surface area contributed by atoms with E-state index >= 15 is 0 Å². The first-order chi connectivity index (χ1) is 7.69. The fourth-order valence-corrected chi connectivity index (χ4v) is 2.02. The highest BCUT2D eigenvalue weighted by Gasteiger charge is 2.14. The second kappa shape index (κ2) is 6.47. The molecule has 1 unspecified atom stereocenters. The van der Waals surface area contributed by atoms with Crippen LogP contribution in [0.15, 0.2) is 24.3 Å². The highest BCUT2D eigenvalue weighted by molar-refractivity contribution is 5.97. The molecule has 0 spiro atoms. The zero-order valence-corrected chi connectivity index (χ0v) is 10.6. The van der Waals surface area contributed by atoms with Crippen molar-refractivity contribution in [2.45, 2.75) is 46.5 Å². The number of Topliss-reactive ketones (excluding diaryl/α,β-unsaturated/α-hetero) is 1. The van der Waals surface area contributed by atoms with Crippen molar-refractivity contribution in [2.24, 2.45) is 5.92 Å². The molecule has 16 heavy (non-hydrogen) atoms. The van der Waals surface area contributed by atoms with Gasteiger partial charge in [-0.2, -0.15) is 0 Å². The van der Waals surface area contributed by atoms with Crippen molar-refractivity contribution >= 4 is 5.78 Å². The van der Waals surface area contributed by atoms with Crippen molar-refractivity contribution in [1.82, 2.24) is 0 Å². The summed E-state index contributed by atoms with van der Waals surface area (Å²) in [5, 5.41) is 0. The zero-order valence-electron chi connectivity index (χ0n) is 10.6. The highest BCUT2D eigenvalue weighted by atomic mass is 16.1. The van der Waals surface area contributed by atoms with Crippen LogP contribution in [-0.4, -0.2) is 5.78 Å². The molecular weight excluding hydrogens is 196 g/mol. The van der Waals surface area contributed by atoms with Gasteiger partial charge in [0.2, 0.25) is 0 Å². The van der Waals surface area contributed by atoms with E-state index in [-0.39, 0.29) is 5.92 Å². The molecule has 0 saturated heterocycles. The van der Waals surface area contributed by atoms with Gasteiger partial charge in [-0.25, -0.2) is 0 Å². The first-order valence-electron chi connectivity index (χ1n) is 6.32. The molecule has 0 aromatic heterocycles. The molecule has 0 radical (unpaired) electrons. The SMILES string of the molecule is CCCc1cccc(C(=O)C(C)CCC)c1. The van der Waals surface area contributed by atoms with Gasteiger partial charge < -0.3 is 0 Å². The van der Waals surface area contributed by atoms with Gasteiger partial charge >= 0.3 is 0 Å². The smallest absolute Gasteiger partial charge is 0.165 e. The van der Waals surface area contributed by atoms with Gasteiger partial charge in [0, 0.05) is 11.5 Å². The number of carbonyl (C=O) groups is 1. The molecule has 1 heteroatoms. The van der Waals surface area contributed by atoms with Crippen LogP contribution in [0.5, 0.6) is 0 Å². The second-order valence-electron chi connectivity index (χ2n) is 4.50. The topological polar surface area (TPSA) is 17.1 Å². The third-order valence-electron chi connectivity index (χ3n) is 2.92. The van der Waals surface area contributed by atoms with E-state index in [2.05, 4.69) is 26.0 Å². The number of hydrogen-bond donors (Lipinski definition) is 0. The third kappa shape index (κ3) is 3.48. The summed E-state index contributed by atoms with van der Waals surface area (Å²) in [4.78, 5) is 12.1. The Hall–Kier alpha value is -1.11. The van der Waals surface area contributed by atoms with Crippen molar-refractivity contribution in [2.75, 3.05) is 0 Å². The van der Waals surface area contributed by atoms with Crippen LogP contribution in [-0.2, 0) is 6.42 Å². The number of carbonyl (C=O) groups excluding carboxylic acids is 1. The number of hydrogen-bond acceptors (Lipinski definition) is 1. The Balaban J connectivity index is 2.78. The van der Waals surface area contributed by atoms with Crippen LogP contribution in [0.1, 0.15) is 56.0 Å². The van der Waals surface area contributed by atoms with Crippen LogP contribution in [0.2, 0.25) is 0 Å². The minimum absolute atomic E-state index is 0.155. The van der Waals surface area contributed by atoms with E-state index < -0.39 is 0 Å². The van der Waals surface area contributed by atoms with E-state index in [1.54, 1.807) is 0 Å². The van der Waals surface area contributed by atoms with Gasteiger partial charge in [-0.05, 0) is 24.5 Å². The first-order valence-corrected chi connectivity index (χ1v) is 6.32. The van der Waals surface area contributed by atoms with Crippen molar-refractivity contribution in [3.05, 3.63) is 35.4 Å². The molecule has 1 aromatic carbocycles. The molecule has 0 amide bonds. The van der Waals surface area contributed by atoms with Gasteiger partial charge in [0.25, 0.3) is 0 Å². The molecule has 0 aliphatic rings. The van der Waals surface area contributed by atoms with Crippen LogP contribution < -0.4 is 0 Å². The molecule has 1 rings (SSSR count). The van der Waals surface area contributed by atoms with Crippen LogP contribution >= 0.6 is 0 Å². The number of ketones is 1. The van der Waals surface area contributed by atoms with E-state index in [1.807, 2.05) is 19.1 Å². The highest BCUT2D eigenvalue weighted by Crippen LogP contribution is 2.15. The van der Waals surface area contributed by atoms with Crippen LogP contribution in [0.25, 0.3) is 0 Å².